The molecule has 2 N–H and O–H groups in total. The number of sulfone groups is 1. The Labute approximate surface area is 201 Å². The predicted octanol–water partition coefficient (Wildman–Crippen LogP) is 3.25. The monoisotopic (exact) mass is 483 g/mol. The van der Waals surface area contributed by atoms with Gasteiger partial charge in [0.2, 0.25) is 0 Å². The molecule has 2 saturated heterocycles. The van der Waals surface area contributed by atoms with Crippen molar-refractivity contribution in [2.75, 3.05) is 37.7 Å². The number of aromatic amines is 1. The van der Waals surface area contributed by atoms with E-state index in [4.69, 9.17) is 14.7 Å². The summed E-state index contributed by atoms with van der Waals surface area (Å²) in [5, 5.41) is 3.86. The molecule has 0 spiro atoms. The number of hydrogen-bond acceptors (Lipinski definition) is 7. The SMILES string of the molecule is CC1COCCN1c1cc(C2(S(=O)(=O)C(C)C)CCNCC2)nc(-c2cccc3[nH]ccc23)n1. The molecular weight excluding hydrogens is 450 g/mol. The second-order valence-corrected chi connectivity index (χ2v) is 12.4. The van der Waals surface area contributed by atoms with Crippen molar-refractivity contribution < 1.29 is 13.2 Å². The molecule has 1 unspecified atom stereocenters. The van der Waals surface area contributed by atoms with E-state index in [1.165, 1.54) is 0 Å². The number of ether oxygens (including phenoxy) is 1. The number of rotatable bonds is 5. The quantitative estimate of drug-likeness (QED) is 0.575. The van der Waals surface area contributed by atoms with E-state index in [9.17, 15) is 8.42 Å². The molecule has 0 saturated carbocycles. The molecular formula is C25H33N5O3S. The number of fused-ring (bicyclic) bond motifs is 1. The van der Waals surface area contributed by atoms with Gasteiger partial charge in [0.05, 0.1) is 30.2 Å². The first kappa shape index (κ1) is 23.3. The lowest BCUT2D eigenvalue weighted by Crippen LogP contribution is -2.49. The Kier molecular flexibility index (Phi) is 6.12. The van der Waals surface area contributed by atoms with Gasteiger partial charge in [0.25, 0.3) is 0 Å². The lowest BCUT2D eigenvalue weighted by atomic mass is 9.92. The second kappa shape index (κ2) is 8.94. The van der Waals surface area contributed by atoms with Gasteiger partial charge in [-0.2, -0.15) is 0 Å². The van der Waals surface area contributed by atoms with E-state index in [0.717, 1.165) is 22.3 Å². The van der Waals surface area contributed by atoms with Crippen LogP contribution < -0.4 is 10.2 Å². The molecule has 1 aromatic carbocycles. The zero-order valence-electron chi connectivity index (χ0n) is 20.0. The summed E-state index contributed by atoms with van der Waals surface area (Å²) in [5.74, 6) is 1.33. The van der Waals surface area contributed by atoms with Gasteiger partial charge in [-0.25, -0.2) is 18.4 Å². The van der Waals surface area contributed by atoms with Gasteiger partial charge < -0.3 is 19.9 Å². The maximum atomic E-state index is 13.9. The average Bonchev–Trinajstić information content (AvgIpc) is 3.33. The molecule has 182 valence electrons. The van der Waals surface area contributed by atoms with E-state index in [2.05, 4.69) is 22.1 Å². The number of H-pyrrole nitrogens is 1. The molecule has 0 radical (unpaired) electrons. The van der Waals surface area contributed by atoms with E-state index in [1.807, 2.05) is 36.5 Å². The first-order valence-electron chi connectivity index (χ1n) is 12.1. The van der Waals surface area contributed by atoms with Gasteiger partial charge in [-0.3, -0.25) is 0 Å². The third kappa shape index (κ3) is 3.79. The molecule has 9 heteroatoms. The minimum Gasteiger partial charge on any atom is -0.377 e. The third-order valence-corrected chi connectivity index (χ3v) is 10.2. The minimum atomic E-state index is -3.49. The molecule has 0 bridgehead atoms. The Hall–Kier alpha value is -2.49. The summed E-state index contributed by atoms with van der Waals surface area (Å²) in [6, 6.07) is 10.1. The first-order valence-corrected chi connectivity index (χ1v) is 13.6. The highest BCUT2D eigenvalue weighted by Crippen LogP contribution is 2.42. The predicted molar refractivity (Wildman–Crippen MR) is 135 cm³/mol. The standard InChI is InChI=1S/C25H33N5O3S/c1-17(2)34(31,32)25(8-11-26-12-9-25)22-15-23(30-13-14-33-16-18(30)3)29-24(28-22)20-5-4-6-21-19(20)7-10-27-21/h4-7,10,15,17-18,26-27H,8-9,11-14,16H2,1-3H3. The first-order chi connectivity index (χ1) is 16.3. The molecule has 2 fully saturated rings. The van der Waals surface area contributed by atoms with Crippen molar-refractivity contribution in [1.82, 2.24) is 20.3 Å². The van der Waals surface area contributed by atoms with Crippen LogP contribution in [0.15, 0.2) is 36.5 Å². The molecule has 5 rings (SSSR count). The summed E-state index contributed by atoms with van der Waals surface area (Å²) in [7, 11) is -3.49. The van der Waals surface area contributed by atoms with Crippen molar-refractivity contribution >= 4 is 26.6 Å². The molecule has 0 amide bonds. The number of piperidine rings is 1. The topological polar surface area (TPSA) is 100 Å². The average molecular weight is 484 g/mol. The fourth-order valence-electron chi connectivity index (χ4n) is 5.25. The normalized spacial score (nSPS) is 21.3. The molecule has 1 atom stereocenters. The highest BCUT2D eigenvalue weighted by atomic mass is 32.2. The highest BCUT2D eigenvalue weighted by Gasteiger charge is 2.49. The van der Waals surface area contributed by atoms with E-state index in [0.29, 0.717) is 57.2 Å². The van der Waals surface area contributed by atoms with Crippen LogP contribution >= 0.6 is 0 Å². The Morgan fingerprint density at radius 1 is 1.18 bits per heavy atom. The number of nitrogens with zero attached hydrogens (tertiary/aromatic N) is 3. The molecule has 3 aromatic rings. The van der Waals surface area contributed by atoms with Crippen LogP contribution in [0.4, 0.5) is 5.82 Å². The summed E-state index contributed by atoms with van der Waals surface area (Å²) >= 11 is 0. The Bertz CT molecular complexity index is 1280. The summed E-state index contributed by atoms with van der Waals surface area (Å²) < 4.78 is 32.3. The Morgan fingerprint density at radius 3 is 2.71 bits per heavy atom. The van der Waals surface area contributed by atoms with Crippen LogP contribution in [0.5, 0.6) is 0 Å². The zero-order valence-corrected chi connectivity index (χ0v) is 20.9. The smallest absolute Gasteiger partial charge is 0.164 e. The van der Waals surface area contributed by atoms with E-state index >= 15 is 0 Å². The molecule has 2 aliphatic rings. The van der Waals surface area contributed by atoms with Crippen LogP contribution in [-0.4, -0.2) is 67.5 Å². The van der Waals surface area contributed by atoms with Gasteiger partial charge in [0, 0.05) is 35.3 Å². The number of anilines is 1. The van der Waals surface area contributed by atoms with Gasteiger partial charge in [0.15, 0.2) is 15.7 Å². The molecule has 2 aliphatic heterocycles. The zero-order chi connectivity index (χ0) is 23.9. The fourth-order valence-corrected chi connectivity index (χ4v) is 7.32. The van der Waals surface area contributed by atoms with Crippen LogP contribution in [0.1, 0.15) is 39.3 Å². The van der Waals surface area contributed by atoms with E-state index in [-0.39, 0.29) is 6.04 Å². The third-order valence-electron chi connectivity index (χ3n) is 7.25. The van der Waals surface area contributed by atoms with Crippen LogP contribution in [0, 0.1) is 0 Å². The maximum absolute atomic E-state index is 13.9. The van der Waals surface area contributed by atoms with Crippen LogP contribution in [0.3, 0.4) is 0 Å². The van der Waals surface area contributed by atoms with Gasteiger partial charge >= 0.3 is 0 Å². The van der Waals surface area contributed by atoms with Crippen molar-refractivity contribution in [1.29, 1.82) is 0 Å². The molecule has 2 aromatic heterocycles. The van der Waals surface area contributed by atoms with Crippen LogP contribution in [-0.2, 0) is 19.3 Å². The van der Waals surface area contributed by atoms with Crippen molar-refractivity contribution in [3.63, 3.8) is 0 Å². The van der Waals surface area contributed by atoms with E-state index < -0.39 is 19.8 Å². The summed E-state index contributed by atoms with van der Waals surface area (Å²) in [5.41, 5.74) is 2.50. The van der Waals surface area contributed by atoms with Gasteiger partial charge in [-0.05, 0) is 58.8 Å². The van der Waals surface area contributed by atoms with Gasteiger partial charge in [-0.15, -0.1) is 0 Å². The summed E-state index contributed by atoms with van der Waals surface area (Å²) in [4.78, 5) is 15.5. The lowest BCUT2D eigenvalue weighted by Gasteiger charge is -2.39. The minimum absolute atomic E-state index is 0.137. The lowest BCUT2D eigenvalue weighted by molar-refractivity contribution is 0.0985. The maximum Gasteiger partial charge on any atom is 0.164 e. The largest absolute Gasteiger partial charge is 0.377 e. The number of aromatic nitrogens is 3. The van der Waals surface area contributed by atoms with Crippen LogP contribution in [0.25, 0.3) is 22.3 Å². The van der Waals surface area contributed by atoms with Gasteiger partial charge in [0.1, 0.15) is 10.6 Å². The highest BCUT2D eigenvalue weighted by molar-refractivity contribution is 7.92. The molecule has 8 nitrogen and oxygen atoms in total. The van der Waals surface area contributed by atoms with Crippen molar-refractivity contribution in [2.45, 2.75) is 49.7 Å². The molecule has 4 heterocycles. The number of hydrogen-bond donors (Lipinski definition) is 2. The Balaban J connectivity index is 1.76. The number of benzene rings is 1. The molecule has 0 aliphatic carbocycles. The summed E-state index contributed by atoms with van der Waals surface area (Å²) in [6.45, 7) is 8.87. The van der Waals surface area contributed by atoms with Crippen molar-refractivity contribution in [3.05, 3.63) is 42.2 Å². The van der Waals surface area contributed by atoms with E-state index in [1.54, 1.807) is 13.8 Å². The van der Waals surface area contributed by atoms with Crippen molar-refractivity contribution in [3.8, 4) is 11.4 Å². The Morgan fingerprint density at radius 2 is 1.97 bits per heavy atom. The van der Waals surface area contributed by atoms with Crippen molar-refractivity contribution in [2.24, 2.45) is 0 Å². The number of morpholine rings is 1. The fraction of sp³-hybridized carbons (Fsp3) is 0.520. The second-order valence-electron chi connectivity index (χ2n) is 9.63. The van der Waals surface area contributed by atoms with Gasteiger partial charge in [-0.1, -0.05) is 12.1 Å². The number of nitrogens with one attached hydrogen (secondary N) is 2. The molecule has 34 heavy (non-hydrogen) atoms. The van der Waals surface area contributed by atoms with Crippen LogP contribution in [0.2, 0.25) is 0 Å². The summed E-state index contributed by atoms with van der Waals surface area (Å²) in [6.07, 6.45) is 2.90.